The topological polar surface area (TPSA) is 27.7 Å². The predicted octanol–water partition coefficient (Wildman–Crippen LogP) is 2.22. The molecule has 4 heteroatoms. The van der Waals surface area contributed by atoms with Gasteiger partial charge in [-0.1, -0.05) is 18.9 Å². The van der Waals surface area contributed by atoms with Gasteiger partial charge in [0.05, 0.1) is 0 Å². The molecule has 0 saturated heterocycles. The Morgan fingerprint density at radius 1 is 1.20 bits per heavy atom. The highest BCUT2D eigenvalue weighted by molar-refractivity contribution is 6.27. The SMILES string of the molecule is C=CCCCCC[SiH2]OC(C)(OC)OC. The lowest BCUT2D eigenvalue weighted by Gasteiger charge is -2.26. The molecule has 0 unspecified atom stereocenters. The molecule has 0 amide bonds. The van der Waals surface area contributed by atoms with Crippen molar-refractivity contribution in [3.8, 4) is 0 Å². The molecule has 0 bridgehead atoms. The first-order valence-electron chi connectivity index (χ1n) is 5.53. The Morgan fingerprint density at radius 2 is 1.87 bits per heavy atom. The molecular weight excluding hydrogens is 208 g/mol. The van der Waals surface area contributed by atoms with Gasteiger partial charge in [-0.2, -0.15) is 0 Å². The van der Waals surface area contributed by atoms with E-state index in [2.05, 4.69) is 6.58 Å². The summed E-state index contributed by atoms with van der Waals surface area (Å²) in [6, 6.07) is 1.18. The van der Waals surface area contributed by atoms with Crippen molar-refractivity contribution in [3.63, 3.8) is 0 Å². The van der Waals surface area contributed by atoms with Crippen LogP contribution in [0.2, 0.25) is 6.04 Å². The van der Waals surface area contributed by atoms with E-state index in [0.717, 1.165) is 6.42 Å². The van der Waals surface area contributed by atoms with E-state index in [1.807, 2.05) is 6.08 Å². The molecule has 0 saturated carbocycles. The third-order valence-electron chi connectivity index (χ3n) is 2.41. The lowest BCUT2D eigenvalue weighted by molar-refractivity contribution is -0.310. The number of unbranched alkanes of at least 4 members (excludes halogenated alkanes) is 3. The van der Waals surface area contributed by atoms with Crippen LogP contribution >= 0.6 is 0 Å². The summed E-state index contributed by atoms with van der Waals surface area (Å²) in [5, 5.41) is 0. The molecule has 90 valence electrons. The Kier molecular flexibility index (Phi) is 8.99. The lowest BCUT2D eigenvalue weighted by Crippen LogP contribution is -2.34. The Hall–Kier alpha value is -0.163. The van der Waals surface area contributed by atoms with E-state index in [0.29, 0.717) is 0 Å². The van der Waals surface area contributed by atoms with Gasteiger partial charge in [0.15, 0.2) is 9.76 Å². The fourth-order valence-corrected chi connectivity index (χ4v) is 2.51. The number of rotatable bonds is 10. The normalized spacial score (nSPS) is 12.5. The zero-order chi connectivity index (χ0) is 11.6. The number of hydrogen-bond donors (Lipinski definition) is 0. The molecule has 0 aromatic carbocycles. The van der Waals surface area contributed by atoms with Crippen molar-refractivity contribution in [2.75, 3.05) is 14.2 Å². The fraction of sp³-hybridized carbons (Fsp3) is 0.818. The van der Waals surface area contributed by atoms with E-state index in [4.69, 9.17) is 13.9 Å². The minimum Gasteiger partial charge on any atom is -0.376 e. The molecule has 0 radical (unpaired) electrons. The van der Waals surface area contributed by atoms with E-state index in [-0.39, 0.29) is 0 Å². The average Bonchev–Trinajstić information content (AvgIpc) is 2.27. The summed E-state index contributed by atoms with van der Waals surface area (Å²) >= 11 is 0. The third kappa shape index (κ3) is 7.73. The summed E-state index contributed by atoms with van der Waals surface area (Å²) in [6.07, 6.45) is 6.84. The van der Waals surface area contributed by atoms with Crippen LogP contribution in [-0.4, -0.2) is 30.0 Å². The highest BCUT2D eigenvalue weighted by Gasteiger charge is 2.22. The van der Waals surface area contributed by atoms with Gasteiger partial charge in [0, 0.05) is 21.1 Å². The van der Waals surface area contributed by atoms with Crippen molar-refractivity contribution in [1.82, 2.24) is 0 Å². The monoisotopic (exact) mass is 232 g/mol. The smallest absolute Gasteiger partial charge is 0.269 e. The number of methoxy groups -OCH3 is 2. The van der Waals surface area contributed by atoms with Crippen LogP contribution in [0.3, 0.4) is 0 Å². The van der Waals surface area contributed by atoms with Gasteiger partial charge in [-0.25, -0.2) is 0 Å². The van der Waals surface area contributed by atoms with Gasteiger partial charge in [0.1, 0.15) is 0 Å². The van der Waals surface area contributed by atoms with Crippen LogP contribution in [0.15, 0.2) is 12.7 Å². The quantitative estimate of drug-likeness (QED) is 0.250. The average molecular weight is 232 g/mol. The van der Waals surface area contributed by atoms with Gasteiger partial charge in [0.25, 0.3) is 5.97 Å². The van der Waals surface area contributed by atoms with Gasteiger partial charge in [-0.15, -0.1) is 6.58 Å². The molecule has 0 aromatic rings. The molecule has 0 aliphatic carbocycles. The lowest BCUT2D eigenvalue weighted by atomic mass is 10.2. The Labute approximate surface area is 95.7 Å². The summed E-state index contributed by atoms with van der Waals surface area (Å²) in [4.78, 5) is 0. The third-order valence-corrected chi connectivity index (χ3v) is 3.93. The van der Waals surface area contributed by atoms with Crippen molar-refractivity contribution in [3.05, 3.63) is 12.7 Å². The van der Waals surface area contributed by atoms with E-state index in [9.17, 15) is 0 Å². The van der Waals surface area contributed by atoms with Crippen molar-refractivity contribution < 1.29 is 13.9 Å². The van der Waals surface area contributed by atoms with Crippen molar-refractivity contribution in [1.29, 1.82) is 0 Å². The number of hydrogen-bond acceptors (Lipinski definition) is 3. The largest absolute Gasteiger partial charge is 0.376 e. The number of allylic oxidation sites excluding steroid dienone is 1. The van der Waals surface area contributed by atoms with E-state index < -0.39 is 15.7 Å². The van der Waals surface area contributed by atoms with Gasteiger partial charge >= 0.3 is 0 Å². The Balaban J connectivity index is 3.33. The minimum atomic E-state index is -0.826. The standard InChI is InChI=1S/C11H24O3Si/c1-5-6-7-8-9-10-15-14-11(2,12-3)13-4/h5H,1,6-10,15H2,2-4H3. The Morgan fingerprint density at radius 3 is 2.40 bits per heavy atom. The van der Waals surface area contributed by atoms with Crippen LogP contribution in [-0.2, 0) is 13.9 Å². The summed E-state index contributed by atoms with van der Waals surface area (Å²) in [6.45, 7) is 5.50. The molecule has 3 nitrogen and oxygen atoms in total. The van der Waals surface area contributed by atoms with Gasteiger partial charge in [-0.3, -0.25) is 0 Å². The minimum absolute atomic E-state index is 0.525. The second kappa shape index (κ2) is 9.09. The molecule has 0 fully saturated rings. The van der Waals surface area contributed by atoms with Crippen molar-refractivity contribution >= 4 is 9.76 Å². The van der Waals surface area contributed by atoms with Gasteiger partial charge < -0.3 is 13.9 Å². The first-order valence-corrected chi connectivity index (χ1v) is 7.11. The first-order chi connectivity index (χ1) is 7.18. The summed E-state index contributed by atoms with van der Waals surface area (Å²) in [7, 11) is 2.67. The molecule has 0 atom stereocenters. The molecule has 0 aromatic heterocycles. The van der Waals surface area contributed by atoms with Crippen LogP contribution in [0.5, 0.6) is 0 Å². The summed E-state index contributed by atoms with van der Waals surface area (Å²) in [5.41, 5.74) is 0. The maximum Gasteiger partial charge on any atom is 0.269 e. The molecule has 0 heterocycles. The fourth-order valence-electron chi connectivity index (χ4n) is 1.20. The zero-order valence-electron chi connectivity index (χ0n) is 10.3. The highest BCUT2D eigenvalue weighted by Crippen LogP contribution is 2.12. The summed E-state index contributed by atoms with van der Waals surface area (Å²) < 4.78 is 15.8. The molecule has 0 aliphatic heterocycles. The second-order valence-corrected chi connectivity index (χ2v) is 5.01. The van der Waals surface area contributed by atoms with Crippen molar-refractivity contribution in [2.24, 2.45) is 0 Å². The molecule has 0 aliphatic rings. The van der Waals surface area contributed by atoms with Crippen molar-refractivity contribution in [2.45, 2.75) is 44.6 Å². The molecule has 15 heavy (non-hydrogen) atoms. The molecule has 0 spiro atoms. The maximum atomic E-state index is 5.61. The maximum absolute atomic E-state index is 5.61. The van der Waals surface area contributed by atoms with Crippen LogP contribution < -0.4 is 0 Å². The van der Waals surface area contributed by atoms with E-state index in [1.165, 1.54) is 25.3 Å². The van der Waals surface area contributed by atoms with E-state index in [1.54, 1.807) is 21.1 Å². The molecular formula is C11H24O3Si. The van der Waals surface area contributed by atoms with Crippen LogP contribution in [0, 0.1) is 0 Å². The second-order valence-electron chi connectivity index (χ2n) is 3.61. The summed E-state index contributed by atoms with van der Waals surface area (Å²) in [5.74, 6) is -0.826. The van der Waals surface area contributed by atoms with E-state index >= 15 is 0 Å². The Bertz CT molecular complexity index is 158. The molecule has 0 rings (SSSR count). The van der Waals surface area contributed by atoms with Gasteiger partial charge in [0.2, 0.25) is 0 Å². The first kappa shape index (κ1) is 14.8. The van der Waals surface area contributed by atoms with Gasteiger partial charge in [-0.05, 0) is 18.9 Å². The molecule has 0 N–H and O–H groups in total. The number of ether oxygens (including phenoxy) is 2. The predicted molar refractivity (Wildman–Crippen MR) is 65.5 cm³/mol. The van der Waals surface area contributed by atoms with Crippen LogP contribution in [0.25, 0.3) is 0 Å². The zero-order valence-corrected chi connectivity index (χ0v) is 11.7. The van der Waals surface area contributed by atoms with Crippen LogP contribution in [0.4, 0.5) is 0 Å². The van der Waals surface area contributed by atoms with Crippen LogP contribution in [0.1, 0.15) is 32.6 Å². The highest BCUT2D eigenvalue weighted by atomic mass is 28.2.